The summed E-state index contributed by atoms with van der Waals surface area (Å²) in [6.45, 7) is 10.1. The SMILES string of the molecule is CC[C@@H]1CN(C(=O)c2coc(CN3CCN(Cc4ccccc4)CC3)n2)CCN1. The molecule has 2 aliphatic heterocycles. The Labute approximate surface area is 172 Å². The zero-order chi connectivity index (χ0) is 20.1. The van der Waals surface area contributed by atoms with Crippen molar-refractivity contribution in [3.8, 4) is 0 Å². The Bertz CT molecular complexity index is 786. The fourth-order valence-corrected chi connectivity index (χ4v) is 4.07. The molecular weight excluding hydrogens is 366 g/mol. The molecular formula is C22H31N5O2. The number of aromatic nitrogens is 1. The normalized spacial score (nSPS) is 21.4. The molecule has 4 rings (SSSR count). The first-order chi connectivity index (χ1) is 14.2. The number of nitrogens with one attached hydrogen (secondary N) is 1. The summed E-state index contributed by atoms with van der Waals surface area (Å²) in [5.74, 6) is 0.611. The lowest BCUT2D eigenvalue weighted by atomic mass is 10.1. The Morgan fingerprint density at radius 1 is 1.10 bits per heavy atom. The van der Waals surface area contributed by atoms with Gasteiger partial charge in [-0.2, -0.15) is 0 Å². The predicted octanol–water partition coefficient (Wildman–Crippen LogP) is 1.82. The first-order valence-electron chi connectivity index (χ1n) is 10.7. The second-order valence-corrected chi connectivity index (χ2v) is 7.97. The summed E-state index contributed by atoms with van der Waals surface area (Å²) >= 11 is 0. The number of hydrogen-bond donors (Lipinski definition) is 1. The summed E-state index contributed by atoms with van der Waals surface area (Å²) in [5, 5.41) is 3.43. The van der Waals surface area contributed by atoms with E-state index in [2.05, 4.69) is 57.4 Å². The molecule has 0 radical (unpaired) electrons. The molecule has 0 bridgehead atoms. The van der Waals surface area contributed by atoms with Gasteiger partial charge in [0.1, 0.15) is 6.26 Å². The minimum atomic E-state index is -0.0207. The first-order valence-corrected chi connectivity index (χ1v) is 10.7. The second-order valence-electron chi connectivity index (χ2n) is 7.97. The van der Waals surface area contributed by atoms with Crippen LogP contribution in [0.2, 0.25) is 0 Å². The molecule has 2 aromatic rings. The van der Waals surface area contributed by atoms with Crippen LogP contribution in [-0.2, 0) is 13.1 Å². The van der Waals surface area contributed by atoms with E-state index in [9.17, 15) is 4.79 Å². The summed E-state index contributed by atoms with van der Waals surface area (Å²) in [7, 11) is 0. The van der Waals surface area contributed by atoms with Gasteiger partial charge in [-0.05, 0) is 12.0 Å². The standard InChI is InChI=1S/C22H31N5O2/c1-2-19-15-27(9-8-23-19)22(28)20-17-29-21(24-20)16-26-12-10-25(11-13-26)14-18-6-4-3-5-7-18/h3-7,17,19,23H,2,8-16H2,1H3/t19-/m1/s1. The number of carbonyl (C=O) groups is 1. The van der Waals surface area contributed by atoms with Gasteiger partial charge in [-0.3, -0.25) is 14.6 Å². The zero-order valence-corrected chi connectivity index (χ0v) is 17.2. The first kappa shape index (κ1) is 20.1. The number of carbonyl (C=O) groups excluding carboxylic acids is 1. The van der Waals surface area contributed by atoms with Crippen LogP contribution in [0.15, 0.2) is 41.0 Å². The Morgan fingerprint density at radius 2 is 1.83 bits per heavy atom. The van der Waals surface area contributed by atoms with Crippen LogP contribution in [0.5, 0.6) is 0 Å². The zero-order valence-electron chi connectivity index (χ0n) is 17.2. The van der Waals surface area contributed by atoms with Crippen molar-refractivity contribution < 1.29 is 9.21 Å². The third-order valence-corrected chi connectivity index (χ3v) is 5.88. The van der Waals surface area contributed by atoms with Gasteiger partial charge in [0.2, 0.25) is 5.89 Å². The Morgan fingerprint density at radius 3 is 2.55 bits per heavy atom. The van der Waals surface area contributed by atoms with Crippen molar-refractivity contribution in [2.24, 2.45) is 0 Å². The van der Waals surface area contributed by atoms with Gasteiger partial charge < -0.3 is 14.6 Å². The summed E-state index contributed by atoms with van der Waals surface area (Å²) < 4.78 is 5.63. The van der Waals surface area contributed by atoms with Crippen LogP contribution in [0.4, 0.5) is 0 Å². The highest BCUT2D eigenvalue weighted by molar-refractivity contribution is 5.92. The molecule has 7 heteroatoms. The van der Waals surface area contributed by atoms with E-state index in [1.165, 1.54) is 11.8 Å². The van der Waals surface area contributed by atoms with E-state index in [4.69, 9.17) is 4.42 Å². The molecule has 29 heavy (non-hydrogen) atoms. The number of piperazine rings is 2. The number of rotatable bonds is 6. The molecule has 1 amide bonds. The second kappa shape index (κ2) is 9.52. The number of oxazole rings is 1. The molecule has 7 nitrogen and oxygen atoms in total. The van der Waals surface area contributed by atoms with Gasteiger partial charge in [0.25, 0.3) is 5.91 Å². The minimum Gasteiger partial charge on any atom is -0.447 e. The van der Waals surface area contributed by atoms with Gasteiger partial charge in [0.15, 0.2) is 5.69 Å². The predicted molar refractivity (Wildman–Crippen MR) is 111 cm³/mol. The Hall–Kier alpha value is -2.22. The quantitative estimate of drug-likeness (QED) is 0.802. The van der Waals surface area contributed by atoms with Gasteiger partial charge in [-0.15, -0.1) is 0 Å². The van der Waals surface area contributed by atoms with Crippen molar-refractivity contribution in [2.45, 2.75) is 32.5 Å². The number of benzene rings is 1. The fraction of sp³-hybridized carbons (Fsp3) is 0.545. The lowest BCUT2D eigenvalue weighted by Gasteiger charge is -2.34. The molecule has 0 unspecified atom stereocenters. The smallest absolute Gasteiger partial charge is 0.275 e. The average Bonchev–Trinajstić information content (AvgIpc) is 3.24. The maximum absolute atomic E-state index is 12.7. The van der Waals surface area contributed by atoms with E-state index in [1.807, 2.05) is 4.90 Å². The van der Waals surface area contributed by atoms with E-state index in [1.54, 1.807) is 0 Å². The van der Waals surface area contributed by atoms with Gasteiger partial charge in [0, 0.05) is 58.4 Å². The maximum Gasteiger partial charge on any atom is 0.275 e. The molecule has 156 valence electrons. The van der Waals surface area contributed by atoms with Gasteiger partial charge in [-0.25, -0.2) is 4.98 Å². The fourth-order valence-electron chi connectivity index (χ4n) is 4.07. The molecule has 1 N–H and O–H groups in total. The molecule has 2 aliphatic rings. The Balaban J connectivity index is 1.26. The molecule has 1 aromatic carbocycles. The monoisotopic (exact) mass is 397 g/mol. The average molecular weight is 398 g/mol. The van der Waals surface area contributed by atoms with Gasteiger partial charge in [-0.1, -0.05) is 37.3 Å². The number of amides is 1. The lowest BCUT2D eigenvalue weighted by molar-refractivity contribution is 0.0695. The minimum absolute atomic E-state index is 0.0207. The van der Waals surface area contributed by atoms with E-state index in [-0.39, 0.29) is 5.91 Å². The third kappa shape index (κ3) is 5.23. The van der Waals surface area contributed by atoms with Gasteiger partial charge >= 0.3 is 0 Å². The van der Waals surface area contributed by atoms with Crippen LogP contribution in [0.1, 0.15) is 35.3 Å². The van der Waals surface area contributed by atoms with E-state index in [0.717, 1.165) is 58.8 Å². The lowest BCUT2D eigenvalue weighted by Crippen LogP contribution is -2.52. The van der Waals surface area contributed by atoms with Crippen LogP contribution in [0, 0.1) is 0 Å². The summed E-state index contributed by atoms with van der Waals surface area (Å²) in [6.07, 6.45) is 2.54. The molecule has 2 saturated heterocycles. The molecule has 1 aromatic heterocycles. The molecule has 3 heterocycles. The number of hydrogen-bond acceptors (Lipinski definition) is 6. The molecule has 2 fully saturated rings. The highest BCUT2D eigenvalue weighted by Crippen LogP contribution is 2.13. The van der Waals surface area contributed by atoms with E-state index in [0.29, 0.717) is 24.2 Å². The third-order valence-electron chi connectivity index (χ3n) is 5.88. The molecule has 0 spiro atoms. The Kier molecular flexibility index (Phi) is 6.59. The van der Waals surface area contributed by atoms with E-state index >= 15 is 0 Å². The van der Waals surface area contributed by atoms with Crippen molar-refractivity contribution in [1.82, 2.24) is 25.0 Å². The van der Waals surface area contributed by atoms with Crippen molar-refractivity contribution in [3.05, 3.63) is 53.7 Å². The van der Waals surface area contributed by atoms with Crippen LogP contribution < -0.4 is 5.32 Å². The molecule has 0 saturated carbocycles. The van der Waals surface area contributed by atoms with Crippen molar-refractivity contribution in [2.75, 3.05) is 45.8 Å². The van der Waals surface area contributed by atoms with Crippen LogP contribution in [-0.4, -0.2) is 77.4 Å². The number of nitrogens with zero attached hydrogens (tertiary/aromatic N) is 4. The maximum atomic E-state index is 12.7. The summed E-state index contributed by atoms with van der Waals surface area (Å²) in [4.78, 5) is 23.9. The van der Waals surface area contributed by atoms with E-state index < -0.39 is 0 Å². The van der Waals surface area contributed by atoms with Crippen molar-refractivity contribution >= 4 is 5.91 Å². The highest BCUT2D eigenvalue weighted by Gasteiger charge is 2.26. The van der Waals surface area contributed by atoms with Crippen molar-refractivity contribution in [3.63, 3.8) is 0 Å². The molecule has 0 aliphatic carbocycles. The van der Waals surface area contributed by atoms with Crippen molar-refractivity contribution in [1.29, 1.82) is 0 Å². The van der Waals surface area contributed by atoms with Gasteiger partial charge in [0.05, 0.1) is 6.54 Å². The summed E-state index contributed by atoms with van der Waals surface area (Å²) in [6, 6.07) is 11.0. The summed E-state index contributed by atoms with van der Waals surface area (Å²) in [5.41, 5.74) is 1.79. The molecule has 1 atom stereocenters. The topological polar surface area (TPSA) is 64.9 Å². The highest BCUT2D eigenvalue weighted by atomic mass is 16.3. The van der Waals surface area contributed by atoms with Crippen LogP contribution in [0.3, 0.4) is 0 Å². The largest absolute Gasteiger partial charge is 0.447 e. The van der Waals surface area contributed by atoms with Crippen LogP contribution in [0.25, 0.3) is 0 Å². The van der Waals surface area contributed by atoms with Crippen LogP contribution >= 0.6 is 0 Å².